The monoisotopic (exact) mass is 389 g/mol. The average molecular weight is 389 g/mol. The van der Waals surface area contributed by atoms with Crippen molar-refractivity contribution in [1.82, 2.24) is 9.97 Å². The van der Waals surface area contributed by atoms with Gasteiger partial charge in [-0.15, -0.1) is 0 Å². The SMILES string of the molecule is N#Cc1ccc(N2[C@@H]3CC[C@H]2C[C@H](Nc2c(C(N)=O)cnc4c2CCN4)C3)nc1. The van der Waals surface area contributed by atoms with Crippen LogP contribution in [0.15, 0.2) is 24.5 Å². The predicted octanol–water partition coefficient (Wildman–Crippen LogP) is 2.03. The summed E-state index contributed by atoms with van der Waals surface area (Å²) >= 11 is 0. The molecule has 29 heavy (non-hydrogen) atoms. The van der Waals surface area contributed by atoms with Crippen molar-refractivity contribution in [2.75, 3.05) is 22.1 Å². The van der Waals surface area contributed by atoms with Crippen molar-refractivity contribution >= 4 is 23.2 Å². The summed E-state index contributed by atoms with van der Waals surface area (Å²) in [5.74, 6) is 1.35. The normalized spacial score (nSPS) is 24.5. The molecule has 0 aromatic carbocycles. The Bertz CT molecular complexity index is 983. The molecule has 2 fully saturated rings. The van der Waals surface area contributed by atoms with Gasteiger partial charge in [0.2, 0.25) is 0 Å². The first-order chi connectivity index (χ1) is 14.1. The predicted molar refractivity (Wildman–Crippen MR) is 110 cm³/mol. The van der Waals surface area contributed by atoms with Crippen LogP contribution in [0.25, 0.3) is 0 Å². The number of nitrogens with one attached hydrogen (secondary N) is 2. The van der Waals surface area contributed by atoms with Crippen molar-refractivity contribution in [3.63, 3.8) is 0 Å². The third kappa shape index (κ3) is 3.03. The summed E-state index contributed by atoms with van der Waals surface area (Å²) < 4.78 is 0. The quantitative estimate of drug-likeness (QED) is 0.732. The standard InChI is InChI=1S/C21H23N7O/c22-9-12-1-4-18(25-10-12)28-14-2-3-15(28)8-13(7-14)27-19-16-5-6-24-21(16)26-11-17(19)20(23)29/h1,4,10-11,13-15H,2-3,5-8H2,(H2,23,29)(H2,24,26,27)/t13-,14-,15+. The summed E-state index contributed by atoms with van der Waals surface area (Å²) in [6.07, 6.45) is 8.26. The van der Waals surface area contributed by atoms with Crippen LogP contribution in [-0.4, -0.2) is 40.5 Å². The van der Waals surface area contributed by atoms with Gasteiger partial charge in [0.15, 0.2) is 0 Å². The molecule has 8 heteroatoms. The zero-order chi connectivity index (χ0) is 20.0. The Morgan fingerprint density at radius 1 is 1.24 bits per heavy atom. The molecule has 5 heterocycles. The molecule has 8 nitrogen and oxygen atoms in total. The second-order valence-corrected chi connectivity index (χ2v) is 8.04. The second-order valence-electron chi connectivity index (χ2n) is 8.04. The largest absolute Gasteiger partial charge is 0.381 e. The van der Waals surface area contributed by atoms with Crippen molar-refractivity contribution in [1.29, 1.82) is 5.26 Å². The average Bonchev–Trinajstić information content (AvgIpc) is 3.31. The van der Waals surface area contributed by atoms with E-state index in [9.17, 15) is 4.79 Å². The Kier molecular flexibility index (Phi) is 4.23. The Hall–Kier alpha value is -3.34. The number of rotatable bonds is 4. The number of pyridine rings is 2. The van der Waals surface area contributed by atoms with Crippen molar-refractivity contribution in [3.8, 4) is 6.07 Å². The van der Waals surface area contributed by atoms with Crippen LogP contribution < -0.4 is 21.3 Å². The van der Waals surface area contributed by atoms with E-state index < -0.39 is 5.91 Å². The maximum Gasteiger partial charge on any atom is 0.252 e. The number of aromatic nitrogens is 2. The zero-order valence-electron chi connectivity index (χ0n) is 16.1. The third-order valence-corrected chi connectivity index (χ3v) is 6.34. The van der Waals surface area contributed by atoms with Crippen LogP contribution in [0.1, 0.15) is 47.2 Å². The van der Waals surface area contributed by atoms with E-state index in [1.54, 1.807) is 12.4 Å². The van der Waals surface area contributed by atoms with Crippen LogP contribution in [0.5, 0.6) is 0 Å². The van der Waals surface area contributed by atoms with Gasteiger partial charge in [0.25, 0.3) is 5.91 Å². The Morgan fingerprint density at radius 3 is 2.69 bits per heavy atom. The van der Waals surface area contributed by atoms with Crippen LogP contribution in [0.4, 0.5) is 17.3 Å². The van der Waals surface area contributed by atoms with Gasteiger partial charge in [-0.05, 0) is 44.2 Å². The zero-order valence-corrected chi connectivity index (χ0v) is 16.1. The molecule has 5 rings (SSSR count). The minimum Gasteiger partial charge on any atom is -0.381 e. The number of nitrogens with two attached hydrogens (primary N) is 1. The number of carbonyl (C=O) groups excluding carboxylic acids is 1. The highest BCUT2D eigenvalue weighted by molar-refractivity contribution is 6.00. The van der Waals surface area contributed by atoms with Crippen LogP contribution >= 0.6 is 0 Å². The van der Waals surface area contributed by atoms with E-state index in [4.69, 9.17) is 11.0 Å². The molecule has 148 valence electrons. The number of anilines is 3. The number of primary amides is 1. The highest BCUT2D eigenvalue weighted by atomic mass is 16.1. The summed E-state index contributed by atoms with van der Waals surface area (Å²) in [7, 11) is 0. The van der Waals surface area contributed by atoms with Gasteiger partial charge in [0.1, 0.15) is 17.7 Å². The van der Waals surface area contributed by atoms with Crippen LogP contribution in [0.3, 0.4) is 0 Å². The number of nitrogens with zero attached hydrogens (tertiary/aromatic N) is 4. The number of hydrogen-bond donors (Lipinski definition) is 3. The van der Waals surface area contributed by atoms with Gasteiger partial charge in [-0.1, -0.05) is 0 Å². The number of fused-ring (bicyclic) bond motifs is 3. The number of nitriles is 1. The van der Waals surface area contributed by atoms with E-state index in [1.807, 2.05) is 12.1 Å². The topological polar surface area (TPSA) is 120 Å². The molecule has 0 radical (unpaired) electrons. The first-order valence-electron chi connectivity index (χ1n) is 10.1. The summed E-state index contributed by atoms with van der Waals surface area (Å²) in [6.45, 7) is 0.827. The fraction of sp³-hybridized carbons (Fsp3) is 0.429. The molecule has 0 spiro atoms. The first kappa shape index (κ1) is 17.7. The van der Waals surface area contributed by atoms with E-state index in [-0.39, 0.29) is 6.04 Å². The lowest BCUT2D eigenvalue weighted by atomic mass is 9.95. The van der Waals surface area contributed by atoms with Gasteiger partial charge in [-0.2, -0.15) is 5.26 Å². The van der Waals surface area contributed by atoms with Crippen molar-refractivity contribution in [2.45, 2.75) is 50.2 Å². The molecule has 0 aliphatic carbocycles. The third-order valence-electron chi connectivity index (χ3n) is 6.34. The molecular weight excluding hydrogens is 366 g/mol. The molecule has 2 aromatic heterocycles. The Balaban J connectivity index is 1.38. The highest BCUT2D eigenvalue weighted by Crippen LogP contribution is 2.40. The first-order valence-corrected chi connectivity index (χ1v) is 10.1. The molecule has 2 bridgehead atoms. The van der Waals surface area contributed by atoms with Gasteiger partial charge in [0.05, 0.1) is 16.8 Å². The molecule has 3 aliphatic rings. The van der Waals surface area contributed by atoms with Gasteiger partial charge < -0.3 is 21.3 Å². The Labute approximate surface area is 169 Å². The van der Waals surface area contributed by atoms with Crippen LogP contribution in [0, 0.1) is 11.3 Å². The molecule has 3 aliphatic heterocycles. The van der Waals surface area contributed by atoms with Crippen LogP contribution in [0.2, 0.25) is 0 Å². The lowest BCUT2D eigenvalue weighted by molar-refractivity contribution is 0.100. The lowest BCUT2D eigenvalue weighted by Gasteiger charge is -2.40. The summed E-state index contributed by atoms with van der Waals surface area (Å²) in [6, 6.07) is 6.98. The molecule has 2 aromatic rings. The number of carbonyl (C=O) groups is 1. The molecule has 3 atom stereocenters. The fourth-order valence-corrected chi connectivity index (χ4v) is 5.08. The van der Waals surface area contributed by atoms with Gasteiger partial charge in [-0.25, -0.2) is 9.97 Å². The van der Waals surface area contributed by atoms with E-state index in [2.05, 4.69) is 31.6 Å². The van der Waals surface area contributed by atoms with Crippen molar-refractivity contribution in [2.24, 2.45) is 5.73 Å². The number of piperidine rings is 1. The summed E-state index contributed by atoms with van der Waals surface area (Å²) in [5.41, 5.74) is 8.58. The molecular formula is C21H23N7O. The minimum absolute atomic E-state index is 0.271. The number of hydrogen-bond acceptors (Lipinski definition) is 7. The molecule has 2 saturated heterocycles. The summed E-state index contributed by atoms with van der Waals surface area (Å²) in [5, 5.41) is 15.9. The second kappa shape index (κ2) is 6.92. The maximum absolute atomic E-state index is 12.0. The smallest absolute Gasteiger partial charge is 0.252 e. The lowest BCUT2D eigenvalue weighted by Crippen LogP contribution is -2.47. The van der Waals surface area contributed by atoms with Crippen molar-refractivity contribution in [3.05, 3.63) is 41.2 Å². The van der Waals surface area contributed by atoms with Crippen LogP contribution in [-0.2, 0) is 6.42 Å². The minimum atomic E-state index is -0.447. The van der Waals surface area contributed by atoms with Gasteiger partial charge in [-0.3, -0.25) is 4.79 Å². The van der Waals surface area contributed by atoms with E-state index in [0.717, 1.165) is 61.5 Å². The molecule has 0 saturated carbocycles. The number of amides is 1. The molecule has 0 unspecified atom stereocenters. The van der Waals surface area contributed by atoms with E-state index in [0.29, 0.717) is 23.2 Å². The summed E-state index contributed by atoms with van der Waals surface area (Å²) in [4.78, 5) is 23.2. The van der Waals surface area contributed by atoms with Crippen molar-refractivity contribution < 1.29 is 4.79 Å². The van der Waals surface area contributed by atoms with E-state index >= 15 is 0 Å². The highest BCUT2D eigenvalue weighted by Gasteiger charge is 2.41. The van der Waals surface area contributed by atoms with Gasteiger partial charge >= 0.3 is 0 Å². The van der Waals surface area contributed by atoms with Gasteiger partial charge in [0, 0.05) is 42.6 Å². The molecule has 4 N–H and O–H groups in total. The van der Waals surface area contributed by atoms with E-state index in [1.165, 1.54) is 0 Å². The Morgan fingerprint density at radius 2 is 2.03 bits per heavy atom. The fourth-order valence-electron chi connectivity index (χ4n) is 5.08. The maximum atomic E-state index is 12.0. The molecule has 1 amide bonds.